The van der Waals surface area contributed by atoms with Crippen molar-refractivity contribution in [3.63, 3.8) is 0 Å². The largest absolute Gasteiger partial charge is 0.389 e. The first-order valence-corrected chi connectivity index (χ1v) is 7.36. The van der Waals surface area contributed by atoms with Crippen LogP contribution in [0.1, 0.15) is 40.5 Å². The summed E-state index contributed by atoms with van der Waals surface area (Å²) < 4.78 is 0. The van der Waals surface area contributed by atoms with Crippen LogP contribution < -0.4 is 0 Å². The molecule has 0 radical (unpaired) electrons. The van der Waals surface area contributed by atoms with E-state index >= 15 is 0 Å². The Balaban J connectivity index is 1.78. The maximum atomic E-state index is 5.29. The van der Waals surface area contributed by atoms with E-state index in [0.29, 0.717) is 0 Å². The molecule has 0 fully saturated rings. The quantitative estimate of drug-likeness (QED) is 0.626. The van der Waals surface area contributed by atoms with Crippen molar-refractivity contribution in [2.45, 2.75) is 51.7 Å². The van der Waals surface area contributed by atoms with Crippen molar-refractivity contribution >= 4 is 31.7 Å². The topological polar surface area (TPSA) is 43.2 Å². The van der Waals surface area contributed by atoms with Crippen molar-refractivity contribution in [2.75, 3.05) is 0 Å². The molecule has 16 heavy (non-hydrogen) atoms. The van der Waals surface area contributed by atoms with Crippen LogP contribution in [0.15, 0.2) is 10.3 Å². The lowest BCUT2D eigenvalue weighted by Crippen LogP contribution is -2.18. The first-order chi connectivity index (χ1) is 7.36. The Morgan fingerprint density at radius 1 is 0.875 bits per heavy atom. The van der Waals surface area contributed by atoms with Crippen molar-refractivity contribution in [1.82, 2.24) is 0 Å². The third-order valence-electron chi connectivity index (χ3n) is 2.18. The van der Waals surface area contributed by atoms with Crippen molar-refractivity contribution in [3.8, 4) is 0 Å². The summed E-state index contributed by atoms with van der Waals surface area (Å²) in [4.78, 5) is 10.6. The van der Waals surface area contributed by atoms with E-state index < -0.39 is 0 Å². The van der Waals surface area contributed by atoms with Crippen LogP contribution in [0.25, 0.3) is 0 Å². The van der Waals surface area contributed by atoms with Crippen LogP contribution in [-0.4, -0.2) is 21.3 Å². The molecule has 0 spiro atoms. The molecule has 0 bridgehead atoms. The highest BCUT2D eigenvalue weighted by Gasteiger charge is 2.32. The van der Waals surface area contributed by atoms with E-state index in [1.165, 1.54) is 0 Å². The molecular weight excluding hydrogens is 244 g/mol. The van der Waals surface area contributed by atoms with Gasteiger partial charge in [-0.2, -0.15) is 0 Å². The summed E-state index contributed by atoms with van der Waals surface area (Å²) in [5.74, 6) is 0. The molecule has 0 aliphatic carbocycles. The smallest absolute Gasteiger partial charge is 0.138 e. The molecule has 0 saturated heterocycles. The molecule has 90 valence electrons. The molecule has 2 rings (SSSR count). The number of hydrogen-bond acceptors (Lipinski definition) is 6. The second-order valence-corrected chi connectivity index (χ2v) is 7.47. The van der Waals surface area contributed by atoms with Crippen LogP contribution in [-0.2, 0) is 9.68 Å². The SMILES string of the molecule is CC1(C)CC(SSC2=NOC(C)(C)C2)=NO1. The first kappa shape index (κ1) is 12.1. The Hall–Kier alpha value is -0.360. The normalized spacial score (nSPS) is 25.8. The molecule has 6 heteroatoms. The predicted molar refractivity (Wildman–Crippen MR) is 69.6 cm³/mol. The fraction of sp³-hybridized carbons (Fsp3) is 0.800. The Morgan fingerprint density at radius 3 is 1.50 bits per heavy atom. The Kier molecular flexibility index (Phi) is 3.13. The molecule has 0 aromatic heterocycles. The van der Waals surface area contributed by atoms with Gasteiger partial charge in [-0.25, -0.2) is 0 Å². The molecule has 0 unspecified atom stereocenters. The van der Waals surface area contributed by atoms with Crippen molar-refractivity contribution in [3.05, 3.63) is 0 Å². The van der Waals surface area contributed by atoms with Gasteiger partial charge in [0.05, 0.1) is 0 Å². The fourth-order valence-electron chi connectivity index (χ4n) is 1.39. The standard InChI is InChI=1S/C10H16N2O2S2/c1-9(2)5-7(11-13-9)15-16-8-6-10(3,4)14-12-8/h5-6H2,1-4H3. The van der Waals surface area contributed by atoms with Crippen LogP contribution in [0.4, 0.5) is 0 Å². The minimum absolute atomic E-state index is 0.157. The summed E-state index contributed by atoms with van der Waals surface area (Å²) in [6.45, 7) is 8.14. The molecule has 0 aromatic rings. The molecule has 0 atom stereocenters. The van der Waals surface area contributed by atoms with Crippen molar-refractivity contribution < 1.29 is 9.68 Å². The van der Waals surface area contributed by atoms with Crippen LogP contribution in [0.5, 0.6) is 0 Å². The molecule has 2 heterocycles. The van der Waals surface area contributed by atoms with Crippen LogP contribution >= 0.6 is 21.6 Å². The van der Waals surface area contributed by atoms with E-state index in [0.717, 1.165) is 22.9 Å². The number of nitrogens with zero attached hydrogens (tertiary/aromatic N) is 2. The van der Waals surface area contributed by atoms with Gasteiger partial charge in [-0.05, 0) is 49.3 Å². The lowest BCUT2D eigenvalue weighted by atomic mass is 10.1. The molecule has 0 N–H and O–H groups in total. The van der Waals surface area contributed by atoms with Crippen LogP contribution in [0, 0.1) is 0 Å². The second kappa shape index (κ2) is 4.14. The van der Waals surface area contributed by atoms with Gasteiger partial charge in [0.2, 0.25) is 0 Å². The highest BCUT2D eigenvalue weighted by molar-refractivity contribution is 8.87. The molecule has 2 aliphatic heterocycles. The fourth-order valence-corrected chi connectivity index (χ4v) is 3.65. The third-order valence-corrected chi connectivity index (χ3v) is 4.49. The van der Waals surface area contributed by atoms with Crippen LogP contribution in [0.3, 0.4) is 0 Å². The van der Waals surface area contributed by atoms with Gasteiger partial charge in [-0.3, -0.25) is 0 Å². The van der Waals surface area contributed by atoms with Gasteiger partial charge in [0.25, 0.3) is 0 Å². The zero-order valence-corrected chi connectivity index (χ0v) is 11.6. The van der Waals surface area contributed by atoms with Gasteiger partial charge in [-0.1, -0.05) is 10.3 Å². The zero-order chi connectivity index (χ0) is 11.8. The Labute approximate surface area is 104 Å². The second-order valence-electron chi connectivity index (χ2n) is 5.19. The molecule has 0 saturated carbocycles. The van der Waals surface area contributed by atoms with Gasteiger partial charge >= 0.3 is 0 Å². The van der Waals surface area contributed by atoms with Gasteiger partial charge in [0.15, 0.2) is 0 Å². The minimum atomic E-state index is -0.157. The maximum absolute atomic E-state index is 5.29. The average Bonchev–Trinajstić information content (AvgIpc) is 2.66. The van der Waals surface area contributed by atoms with E-state index in [2.05, 4.69) is 10.3 Å². The summed E-state index contributed by atoms with van der Waals surface area (Å²) >= 11 is 0. The molecular formula is C10H16N2O2S2. The predicted octanol–water partition coefficient (Wildman–Crippen LogP) is 3.39. The number of hydrogen-bond donors (Lipinski definition) is 0. The third kappa shape index (κ3) is 3.07. The van der Waals surface area contributed by atoms with Gasteiger partial charge in [0, 0.05) is 12.8 Å². The summed E-state index contributed by atoms with van der Waals surface area (Å²) in [5.41, 5.74) is -0.313. The summed E-state index contributed by atoms with van der Waals surface area (Å²) in [6, 6.07) is 0. The minimum Gasteiger partial charge on any atom is -0.389 e. The van der Waals surface area contributed by atoms with Crippen LogP contribution in [0.2, 0.25) is 0 Å². The lowest BCUT2D eigenvalue weighted by molar-refractivity contribution is 0.0120. The summed E-state index contributed by atoms with van der Waals surface area (Å²) in [6.07, 6.45) is 1.73. The maximum Gasteiger partial charge on any atom is 0.138 e. The van der Waals surface area contributed by atoms with E-state index in [1.54, 1.807) is 21.6 Å². The van der Waals surface area contributed by atoms with Gasteiger partial charge in [-0.15, -0.1) is 0 Å². The summed E-state index contributed by atoms with van der Waals surface area (Å²) in [5, 5.41) is 10.1. The Morgan fingerprint density at radius 2 is 1.25 bits per heavy atom. The molecule has 4 nitrogen and oxygen atoms in total. The number of oxime groups is 2. The van der Waals surface area contributed by atoms with Gasteiger partial charge < -0.3 is 9.68 Å². The van der Waals surface area contributed by atoms with Gasteiger partial charge in [0.1, 0.15) is 21.3 Å². The van der Waals surface area contributed by atoms with E-state index in [-0.39, 0.29) is 11.2 Å². The first-order valence-electron chi connectivity index (χ1n) is 5.21. The monoisotopic (exact) mass is 260 g/mol. The Bertz CT molecular complexity index is 317. The van der Waals surface area contributed by atoms with Crippen molar-refractivity contribution in [2.24, 2.45) is 10.3 Å². The lowest BCUT2D eigenvalue weighted by Gasteiger charge is -2.13. The highest BCUT2D eigenvalue weighted by atomic mass is 33.1. The zero-order valence-electron chi connectivity index (χ0n) is 9.94. The molecule has 0 aromatic carbocycles. The van der Waals surface area contributed by atoms with Crippen molar-refractivity contribution in [1.29, 1.82) is 0 Å². The highest BCUT2D eigenvalue weighted by Crippen LogP contribution is 2.38. The van der Waals surface area contributed by atoms with E-state index in [4.69, 9.17) is 9.68 Å². The van der Waals surface area contributed by atoms with E-state index in [1.807, 2.05) is 27.7 Å². The summed E-state index contributed by atoms with van der Waals surface area (Å²) in [7, 11) is 3.23. The number of rotatable bonds is 0. The molecule has 0 amide bonds. The molecule has 2 aliphatic rings. The van der Waals surface area contributed by atoms with E-state index in [9.17, 15) is 0 Å². The average molecular weight is 260 g/mol.